The molecule has 2 aliphatic rings. The van der Waals surface area contributed by atoms with Crippen molar-refractivity contribution < 1.29 is 9.32 Å². The number of piperazine rings is 1. The highest BCUT2D eigenvalue weighted by Gasteiger charge is 2.26. The molecule has 2 saturated heterocycles. The van der Waals surface area contributed by atoms with Gasteiger partial charge in [-0.2, -0.15) is 4.98 Å². The van der Waals surface area contributed by atoms with E-state index in [1.807, 2.05) is 17.0 Å². The number of carbonyl (C=O) groups is 1. The van der Waals surface area contributed by atoms with Crippen molar-refractivity contribution in [3.8, 4) is 0 Å². The number of likely N-dealkylation sites (tertiary alicyclic amines) is 1. The van der Waals surface area contributed by atoms with Crippen LogP contribution in [0.5, 0.6) is 0 Å². The van der Waals surface area contributed by atoms with Gasteiger partial charge in [0.05, 0.1) is 12.1 Å². The van der Waals surface area contributed by atoms with E-state index < -0.39 is 0 Å². The largest absolute Gasteiger partial charge is 0.353 e. The Morgan fingerprint density at radius 1 is 1.11 bits per heavy atom. The normalized spacial score (nSPS) is 18.7. The SMILES string of the molecule is Cc1nc(CN2CCN(c3ncccc3C(=O)N3CCCCC3)CC2)no1. The number of aromatic nitrogens is 3. The van der Waals surface area contributed by atoms with Crippen molar-refractivity contribution in [1.29, 1.82) is 0 Å². The van der Waals surface area contributed by atoms with E-state index in [-0.39, 0.29) is 5.91 Å². The minimum Gasteiger partial charge on any atom is -0.353 e. The summed E-state index contributed by atoms with van der Waals surface area (Å²) >= 11 is 0. The molecule has 2 aliphatic heterocycles. The molecule has 144 valence electrons. The first-order valence-electron chi connectivity index (χ1n) is 9.71. The fraction of sp³-hybridized carbons (Fsp3) is 0.579. The molecule has 27 heavy (non-hydrogen) atoms. The molecule has 0 aromatic carbocycles. The highest BCUT2D eigenvalue weighted by atomic mass is 16.5. The lowest BCUT2D eigenvalue weighted by molar-refractivity contribution is 0.0724. The highest BCUT2D eigenvalue weighted by molar-refractivity contribution is 5.99. The summed E-state index contributed by atoms with van der Waals surface area (Å²) in [6.45, 7) is 7.60. The number of rotatable bonds is 4. The van der Waals surface area contributed by atoms with Crippen molar-refractivity contribution in [2.24, 2.45) is 0 Å². The van der Waals surface area contributed by atoms with E-state index in [0.29, 0.717) is 12.4 Å². The Labute approximate surface area is 159 Å². The Bertz CT molecular complexity index is 778. The quantitative estimate of drug-likeness (QED) is 0.811. The van der Waals surface area contributed by atoms with Crippen molar-refractivity contribution in [3.05, 3.63) is 35.6 Å². The zero-order valence-electron chi connectivity index (χ0n) is 15.8. The summed E-state index contributed by atoms with van der Waals surface area (Å²) in [7, 11) is 0. The van der Waals surface area contributed by atoms with Crippen LogP contribution in [0.2, 0.25) is 0 Å². The second-order valence-corrected chi connectivity index (χ2v) is 7.22. The Morgan fingerprint density at radius 3 is 2.59 bits per heavy atom. The topological polar surface area (TPSA) is 78.6 Å². The molecule has 0 unspecified atom stereocenters. The smallest absolute Gasteiger partial charge is 0.257 e. The van der Waals surface area contributed by atoms with Crippen LogP contribution in [-0.2, 0) is 6.54 Å². The van der Waals surface area contributed by atoms with Crippen LogP contribution < -0.4 is 4.90 Å². The van der Waals surface area contributed by atoms with Gasteiger partial charge in [-0.25, -0.2) is 4.98 Å². The van der Waals surface area contributed by atoms with Crippen LogP contribution in [0.15, 0.2) is 22.9 Å². The van der Waals surface area contributed by atoms with E-state index in [4.69, 9.17) is 4.52 Å². The predicted octanol–water partition coefficient (Wildman–Crippen LogP) is 1.72. The average molecular weight is 370 g/mol. The number of piperidine rings is 1. The molecule has 0 spiro atoms. The van der Waals surface area contributed by atoms with Crippen LogP contribution in [0.4, 0.5) is 5.82 Å². The monoisotopic (exact) mass is 370 g/mol. The van der Waals surface area contributed by atoms with Crippen LogP contribution in [0.3, 0.4) is 0 Å². The minimum atomic E-state index is 0.113. The van der Waals surface area contributed by atoms with Gasteiger partial charge in [0.15, 0.2) is 5.82 Å². The molecule has 0 saturated carbocycles. The van der Waals surface area contributed by atoms with Gasteiger partial charge in [0, 0.05) is 52.4 Å². The number of carbonyl (C=O) groups excluding carboxylic acids is 1. The number of pyridine rings is 1. The molecule has 0 aliphatic carbocycles. The lowest BCUT2D eigenvalue weighted by Gasteiger charge is -2.36. The third-order valence-electron chi connectivity index (χ3n) is 5.27. The molecule has 8 nitrogen and oxygen atoms in total. The van der Waals surface area contributed by atoms with Crippen molar-refractivity contribution in [3.63, 3.8) is 0 Å². The number of hydrogen-bond donors (Lipinski definition) is 0. The van der Waals surface area contributed by atoms with Crippen LogP contribution in [0.1, 0.15) is 41.3 Å². The van der Waals surface area contributed by atoms with Crippen molar-refractivity contribution >= 4 is 11.7 Å². The third kappa shape index (κ3) is 4.10. The summed E-state index contributed by atoms with van der Waals surface area (Å²) in [5, 5.41) is 3.97. The predicted molar refractivity (Wildman–Crippen MR) is 101 cm³/mol. The number of hydrogen-bond acceptors (Lipinski definition) is 7. The molecule has 4 heterocycles. The van der Waals surface area contributed by atoms with Gasteiger partial charge < -0.3 is 14.3 Å². The molecule has 8 heteroatoms. The molecule has 0 atom stereocenters. The van der Waals surface area contributed by atoms with Crippen molar-refractivity contribution in [2.45, 2.75) is 32.7 Å². The van der Waals surface area contributed by atoms with Gasteiger partial charge in [0.2, 0.25) is 5.89 Å². The number of nitrogens with zero attached hydrogens (tertiary/aromatic N) is 6. The summed E-state index contributed by atoms with van der Waals surface area (Å²) in [5.41, 5.74) is 0.724. The van der Waals surface area contributed by atoms with E-state index in [9.17, 15) is 4.79 Å². The summed E-state index contributed by atoms with van der Waals surface area (Å²) in [5.74, 6) is 2.24. The maximum atomic E-state index is 13.0. The first-order valence-corrected chi connectivity index (χ1v) is 9.71. The maximum Gasteiger partial charge on any atom is 0.257 e. The fourth-order valence-corrected chi connectivity index (χ4v) is 3.81. The summed E-state index contributed by atoms with van der Waals surface area (Å²) in [6, 6.07) is 3.77. The molecule has 2 aromatic heterocycles. The van der Waals surface area contributed by atoms with E-state index in [1.54, 1.807) is 13.1 Å². The summed E-state index contributed by atoms with van der Waals surface area (Å²) < 4.78 is 5.05. The van der Waals surface area contributed by atoms with Gasteiger partial charge in [0.1, 0.15) is 5.82 Å². The number of amides is 1. The van der Waals surface area contributed by atoms with Gasteiger partial charge in [-0.15, -0.1) is 0 Å². The number of aryl methyl sites for hydroxylation is 1. The Balaban J connectivity index is 1.41. The fourth-order valence-electron chi connectivity index (χ4n) is 3.81. The van der Waals surface area contributed by atoms with Crippen LogP contribution in [0.25, 0.3) is 0 Å². The minimum absolute atomic E-state index is 0.113. The van der Waals surface area contributed by atoms with Gasteiger partial charge in [-0.1, -0.05) is 5.16 Å². The van der Waals surface area contributed by atoms with E-state index in [0.717, 1.165) is 69.3 Å². The molecule has 0 N–H and O–H groups in total. The van der Waals surface area contributed by atoms with Crippen LogP contribution in [-0.4, -0.2) is 70.1 Å². The van der Waals surface area contributed by atoms with E-state index >= 15 is 0 Å². The summed E-state index contributed by atoms with van der Waals surface area (Å²) in [6.07, 6.45) is 5.17. The van der Waals surface area contributed by atoms with Gasteiger partial charge >= 0.3 is 0 Å². The zero-order valence-corrected chi connectivity index (χ0v) is 15.8. The zero-order chi connectivity index (χ0) is 18.6. The van der Waals surface area contributed by atoms with E-state index in [2.05, 4.69) is 24.9 Å². The Morgan fingerprint density at radius 2 is 1.89 bits per heavy atom. The van der Waals surface area contributed by atoms with E-state index in [1.165, 1.54) is 6.42 Å². The lowest BCUT2D eigenvalue weighted by atomic mass is 10.1. The molecular weight excluding hydrogens is 344 g/mol. The van der Waals surface area contributed by atoms with Gasteiger partial charge in [0.25, 0.3) is 5.91 Å². The maximum absolute atomic E-state index is 13.0. The average Bonchev–Trinajstić information content (AvgIpc) is 3.13. The van der Waals surface area contributed by atoms with Crippen LogP contribution in [0, 0.1) is 6.92 Å². The van der Waals surface area contributed by atoms with Crippen molar-refractivity contribution in [1.82, 2.24) is 24.9 Å². The Kier molecular flexibility index (Phi) is 5.33. The first-order chi connectivity index (χ1) is 13.2. The molecule has 2 aromatic rings. The second-order valence-electron chi connectivity index (χ2n) is 7.22. The molecule has 4 rings (SSSR count). The van der Waals surface area contributed by atoms with Gasteiger partial charge in [-0.05, 0) is 31.4 Å². The van der Waals surface area contributed by atoms with Crippen LogP contribution >= 0.6 is 0 Å². The third-order valence-corrected chi connectivity index (χ3v) is 5.27. The number of anilines is 1. The standard InChI is InChI=1S/C19H26N6O2/c1-15-21-17(22-27-15)14-23-10-12-24(13-11-23)18-16(6-5-7-20-18)19(26)25-8-3-2-4-9-25/h5-7H,2-4,8-14H2,1H3. The molecule has 0 bridgehead atoms. The van der Waals surface area contributed by atoms with Gasteiger partial charge in [-0.3, -0.25) is 9.69 Å². The van der Waals surface area contributed by atoms with Crippen molar-refractivity contribution in [2.75, 3.05) is 44.2 Å². The molecular formula is C19H26N6O2. The molecule has 2 fully saturated rings. The molecule has 1 amide bonds. The first kappa shape index (κ1) is 17.9. The lowest BCUT2D eigenvalue weighted by Crippen LogP contribution is -2.47. The Hall–Kier alpha value is -2.48. The highest BCUT2D eigenvalue weighted by Crippen LogP contribution is 2.22. The summed E-state index contributed by atoms with van der Waals surface area (Å²) in [4.78, 5) is 28.3. The molecule has 0 radical (unpaired) electrons. The second kappa shape index (κ2) is 8.04.